The van der Waals surface area contributed by atoms with E-state index in [9.17, 15) is 10.1 Å². The minimum Gasteiger partial charge on any atom is -0.320 e. The quantitative estimate of drug-likeness (QED) is 0.835. The zero-order chi connectivity index (χ0) is 15.4. The molecule has 0 bridgehead atoms. The molecule has 1 aromatic rings. The van der Waals surface area contributed by atoms with E-state index in [0.717, 1.165) is 0 Å². The van der Waals surface area contributed by atoms with Crippen LogP contribution in [-0.2, 0) is 4.79 Å². The van der Waals surface area contributed by atoms with Crippen molar-refractivity contribution in [3.05, 3.63) is 57.1 Å². The molecule has 0 spiro atoms. The molecule has 3 nitrogen and oxygen atoms in total. The Bertz CT molecular complexity index is 664. The van der Waals surface area contributed by atoms with E-state index in [1.165, 1.54) is 11.8 Å². The molecule has 1 amide bonds. The van der Waals surface area contributed by atoms with Gasteiger partial charge >= 0.3 is 0 Å². The molecule has 108 valence electrons. The fourth-order valence-corrected chi connectivity index (χ4v) is 3.38. The third-order valence-electron chi connectivity index (χ3n) is 3.06. The number of nitrogens with one attached hydrogen (secondary N) is 1. The zero-order valence-electron chi connectivity index (χ0n) is 11.0. The summed E-state index contributed by atoms with van der Waals surface area (Å²) in [5, 5.41) is 13.6. The maximum Gasteiger partial charge on any atom is 0.225 e. The van der Waals surface area contributed by atoms with Gasteiger partial charge in [0.1, 0.15) is 0 Å². The van der Waals surface area contributed by atoms with Gasteiger partial charge in [-0.3, -0.25) is 4.79 Å². The minimum atomic E-state index is -0.373. The molecule has 2 rings (SSSR count). The number of thioether (sulfide) groups is 1. The van der Waals surface area contributed by atoms with E-state index in [2.05, 4.69) is 18.0 Å². The lowest BCUT2D eigenvalue weighted by Gasteiger charge is -2.25. The van der Waals surface area contributed by atoms with Gasteiger partial charge in [0.25, 0.3) is 0 Å². The number of amides is 1. The summed E-state index contributed by atoms with van der Waals surface area (Å²) in [5.41, 5.74) is 1.21. The molecule has 0 saturated carbocycles. The van der Waals surface area contributed by atoms with Gasteiger partial charge in [0.2, 0.25) is 5.91 Å². The fraction of sp³-hybridized carbons (Fsp3) is 0.200. The van der Waals surface area contributed by atoms with Gasteiger partial charge in [-0.15, -0.1) is 18.3 Å². The van der Waals surface area contributed by atoms with Crippen LogP contribution in [0.15, 0.2) is 41.5 Å². The Balaban J connectivity index is 2.50. The summed E-state index contributed by atoms with van der Waals surface area (Å²) in [6.45, 7) is 3.64. The third-order valence-corrected chi connectivity index (χ3v) is 4.90. The summed E-state index contributed by atoms with van der Waals surface area (Å²) in [4.78, 5) is 11.9. The molecule has 0 saturated heterocycles. The molecule has 1 aromatic carbocycles. The van der Waals surface area contributed by atoms with E-state index in [1.54, 1.807) is 24.3 Å². The molecule has 0 aliphatic carbocycles. The second-order valence-electron chi connectivity index (χ2n) is 4.40. The molecule has 6 heteroatoms. The van der Waals surface area contributed by atoms with Crippen LogP contribution in [0.1, 0.15) is 17.9 Å². The number of carbonyl (C=O) groups excluding carboxylic acids is 1. The first-order valence-corrected chi connectivity index (χ1v) is 7.94. The van der Waals surface area contributed by atoms with Crippen LogP contribution in [0.2, 0.25) is 10.0 Å². The highest BCUT2D eigenvalue weighted by Gasteiger charge is 2.31. The number of halogens is 2. The second kappa shape index (κ2) is 7.04. The van der Waals surface area contributed by atoms with Gasteiger partial charge in [-0.25, -0.2) is 0 Å². The smallest absolute Gasteiger partial charge is 0.225 e. The Labute approximate surface area is 137 Å². The molecular weight excluding hydrogens is 327 g/mol. The van der Waals surface area contributed by atoms with E-state index in [4.69, 9.17) is 23.2 Å². The average Bonchev–Trinajstić information content (AvgIpc) is 2.47. The van der Waals surface area contributed by atoms with Crippen LogP contribution in [0.5, 0.6) is 0 Å². The number of nitriles is 1. The molecule has 0 aromatic heterocycles. The zero-order valence-corrected chi connectivity index (χ0v) is 13.4. The molecule has 1 atom stereocenters. The van der Waals surface area contributed by atoms with E-state index < -0.39 is 0 Å². The van der Waals surface area contributed by atoms with Crippen molar-refractivity contribution in [3.8, 4) is 6.07 Å². The van der Waals surface area contributed by atoms with Crippen LogP contribution in [0.25, 0.3) is 0 Å². The first-order chi connectivity index (χ1) is 10.1. The lowest BCUT2D eigenvalue weighted by Crippen LogP contribution is -2.31. The number of hydrogen-bond donors (Lipinski definition) is 1. The number of nitrogens with zero attached hydrogens (tertiary/aromatic N) is 1. The van der Waals surface area contributed by atoms with Crippen LogP contribution < -0.4 is 5.32 Å². The van der Waals surface area contributed by atoms with Crippen molar-refractivity contribution >= 4 is 40.9 Å². The monoisotopic (exact) mass is 338 g/mol. The number of allylic oxidation sites excluding steroid dienone is 1. The van der Waals surface area contributed by atoms with Crippen LogP contribution in [0, 0.1) is 11.3 Å². The van der Waals surface area contributed by atoms with Crippen molar-refractivity contribution in [1.29, 1.82) is 5.26 Å². The number of hydrogen-bond acceptors (Lipinski definition) is 3. The predicted octanol–water partition coefficient (Wildman–Crippen LogP) is 4.25. The number of benzene rings is 1. The minimum absolute atomic E-state index is 0.137. The molecular formula is C15H12Cl2N2OS. The van der Waals surface area contributed by atoms with Gasteiger partial charge < -0.3 is 5.32 Å². The van der Waals surface area contributed by atoms with Gasteiger partial charge in [-0.05, 0) is 11.6 Å². The van der Waals surface area contributed by atoms with Crippen LogP contribution in [0.4, 0.5) is 0 Å². The topological polar surface area (TPSA) is 52.9 Å². The lowest BCUT2D eigenvalue weighted by molar-refractivity contribution is -0.120. The standard InChI is InChI=1S/C15H12Cl2N2OS/c1-2-6-21-15-11(8-18)10(7-13(20)19-15)9-4-3-5-12(16)14(9)17/h2-5,10H,1,6-7H2,(H,19,20)/t10-/m1/s1. The fourth-order valence-electron chi connectivity index (χ4n) is 2.13. The van der Waals surface area contributed by atoms with E-state index in [1.807, 2.05) is 0 Å². The summed E-state index contributed by atoms with van der Waals surface area (Å²) in [6.07, 6.45) is 1.90. The SMILES string of the molecule is C=CCSC1=C(C#N)[C@@H](c2cccc(Cl)c2Cl)CC(=O)N1. The van der Waals surface area contributed by atoms with Crippen molar-refractivity contribution in [2.45, 2.75) is 12.3 Å². The van der Waals surface area contributed by atoms with Gasteiger partial charge in [0, 0.05) is 18.1 Å². The maximum absolute atomic E-state index is 11.9. The Morgan fingerprint density at radius 3 is 2.95 bits per heavy atom. The van der Waals surface area contributed by atoms with E-state index >= 15 is 0 Å². The van der Waals surface area contributed by atoms with Crippen LogP contribution in [-0.4, -0.2) is 11.7 Å². The van der Waals surface area contributed by atoms with Crippen molar-refractivity contribution in [2.75, 3.05) is 5.75 Å². The second-order valence-corrected chi connectivity index (χ2v) is 6.22. The van der Waals surface area contributed by atoms with Crippen molar-refractivity contribution in [3.63, 3.8) is 0 Å². The molecule has 1 heterocycles. The summed E-state index contributed by atoms with van der Waals surface area (Å²) in [6, 6.07) is 7.43. The normalized spacial score (nSPS) is 18.1. The predicted molar refractivity (Wildman–Crippen MR) is 87.3 cm³/mol. The Kier molecular flexibility index (Phi) is 5.35. The molecule has 0 radical (unpaired) electrons. The highest BCUT2D eigenvalue weighted by Crippen LogP contribution is 2.40. The van der Waals surface area contributed by atoms with Gasteiger partial charge in [-0.2, -0.15) is 5.26 Å². The number of carbonyl (C=O) groups is 1. The summed E-state index contributed by atoms with van der Waals surface area (Å²) < 4.78 is 0. The molecule has 0 unspecified atom stereocenters. The first-order valence-electron chi connectivity index (χ1n) is 6.20. The first kappa shape index (κ1) is 16.0. The van der Waals surface area contributed by atoms with Crippen LogP contribution in [0.3, 0.4) is 0 Å². The van der Waals surface area contributed by atoms with Gasteiger partial charge in [-0.1, -0.05) is 41.4 Å². The molecule has 1 N–H and O–H groups in total. The summed E-state index contributed by atoms with van der Waals surface area (Å²) >= 11 is 13.6. The maximum atomic E-state index is 11.9. The van der Waals surface area contributed by atoms with Crippen molar-refractivity contribution in [1.82, 2.24) is 5.32 Å². The van der Waals surface area contributed by atoms with Crippen molar-refractivity contribution in [2.24, 2.45) is 0 Å². The Morgan fingerprint density at radius 2 is 2.29 bits per heavy atom. The summed E-state index contributed by atoms with van der Waals surface area (Å²) in [7, 11) is 0. The highest BCUT2D eigenvalue weighted by molar-refractivity contribution is 8.03. The Hall–Kier alpha value is -1.41. The third kappa shape index (κ3) is 3.44. The molecule has 0 fully saturated rings. The molecule has 1 aliphatic rings. The van der Waals surface area contributed by atoms with Crippen LogP contribution >= 0.6 is 35.0 Å². The lowest BCUT2D eigenvalue weighted by atomic mass is 9.87. The van der Waals surface area contributed by atoms with E-state index in [-0.39, 0.29) is 18.2 Å². The number of rotatable bonds is 4. The van der Waals surface area contributed by atoms with Gasteiger partial charge in [0.05, 0.1) is 26.7 Å². The van der Waals surface area contributed by atoms with Crippen molar-refractivity contribution < 1.29 is 4.79 Å². The molecule has 21 heavy (non-hydrogen) atoms. The largest absolute Gasteiger partial charge is 0.320 e. The molecule has 1 aliphatic heterocycles. The summed E-state index contributed by atoms with van der Waals surface area (Å²) in [5.74, 6) is 0.0976. The Morgan fingerprint density at radius 1 is 1.52 bits per heavy atom. The van der Waals surface area contributed by atoms with Gasteiger partial charge in [0.15, 0.2) is 0 Å². The average molecular weight is 339 g/mol. The highest BCUT2D eigenvalue weighted by atomic mass is 35.5. The van der Waals surface area contributed by atoms with E-state index in [0.29, 0.717) is 32.0 Å².